The third-order valence-corrected chi connectivity index (χ3v) is 8.47. The van der Waals surface area contributed by atoms with Crippen molar-refractivity contribution in [2.45, 2.75) is 50.6 Å². The van der Waals surface area contributed by atoms with E-state index in [1.54, 1.807) is 24.3 Å². The largest absolute Gasteiger partial charge is 0.435 e. The van der Waals surface area contributed by atoms with Gasteiger partial charge in [0.05, 0.1) is 30.8 Å². The Balaban J connectivity index is 1.57. The summed E-state index contributed by atoms with van der Waals surface area (Å²) in [6.45, 7) is -0.301. The number of morpholine rings is 1. The molecule has 0 unspecified atom stereocenters. The van der Waals surface area contributed by atoms with E-state index in [4.69, 9.17) is 9.15 Å². The number of oxazole rings is 1. The zero-order chi connectivity index (χ0) is 31.7. The summed E-state index contributed by atoms with van der Waals surface area (Å²) in [5.41, 5.74) is 0.793. The van der Waals surface area contributed by atoms with Crippen LogP contribution >= 0.6 is 0 Å². The number of fused-ring (bicyclic) bond motifs is 1. The lowest BCUT2D eigenvalue weighted by molar-refractivity contribution is -0.123. The van der Waals surface area contributed by atoms with Gasteiger partial charge < -0.3 is 29.4 Å². The number of unbranched alkanes of at least 4 members (excludes halogenated alkanes) is 1. The van der Waals surface area contributed by atoms with Gasteiger partial charge in [-0.3, -0.25) is 9.59 Å². The van der Waals surface area contributed by atoms with Crippen LogP contribution in [-0.4, -0.2) is 86.8 Å². The predicted octanol–water partition coefficient (Wildman–Crippen LogP) is 3.31. The number of carbonyl (C=O) groups excluding carboxylic acids is 3. The van der Waals surface area contributed by atoms with Crippen molar-refractivity contribution in [1.29, 1.82) is 0 Å². The van der Waals surface area contributed by atoms with Crippen molar-refractivity contribution < 1.29 is 45.5 Å². The van der Waals surface area contributed by atoms with Crippen molar-refractivity contribution in [2.24, 2.45) is 0 Å². The van der Waals surface area contributed by atoms with Crippen LogP contribution in [0.25, 0.3) is 11.1 Å². The van der Waals surface area contributed by atoms with Crippen LogP contribution in [0.5, 0.6) is 5.75 Å². The van der Waals surface area contributed by atoms with Gasteiger partial charge in [-0.15, -0.1) is 0 Å². The summed E-state index contributed by atoms with van der Waals surface area (Å²) in [5, 5.41) is 5.07. The van der Waals surface area contributed by atoms with Gasteiger partial charge in [0, 0.05) is 18.7 Å². The molecule has 238 valence electrons. The number of hydrogen-bond acceptors (Lipinski definition) is 9. The highest BCUT2D eigenvalue weighted by Gasteiger charge is 2.34. The van der Waals surface area contributed by atoms with E-state index in [1.807, 2.05) is 6.92 Å². The maximum atomic E-state index is 13.6. The molecule has 2 N–H and O–H groups in total. The molecule has 0 saturated carbocycles. The standard InChI is InChI=1S/C29H34F2N4O8S/c1-2-3-9-21(25(36)27-33-20-10-5-7-12-24(20)42-27)32-26(37)22(34-29(38)35-13-15-41-16-14-35)18-44(39,40)17-19-8-4-6-11-23(19)43-28(30)31/h4-8,10-12,21-22,28H,2-3,9,13-18H2,1H3,(H,32,37)(H,34,38)/t21-,22-/m0/s1. The molecule has 12 nitrogen and oxygen atoms in total. The van der Waals surface area contributed by atoms with Crippen LogP contribution in [0, 0.1) is 0 Å². The third kappa shape index (κ3) is 8.95. The van der Waals surface area contributed by atoms with Gasteiger partial charge in [-0.25, -0.2) is 18.2 Å². The van der Waals surface area contributed by atoms with Crippen LogP contribution in [0.2, 0.25) is 0 Å². The van der Waals surface area contributed by atoms with E-state index in [2.05, 4.69) is 20.4 Å². The van der Waals surface area contributed by atoms with Crippen molar-refractivity contribution in [3.63, 3.8) is 0 Å². The number of halogens is 2. The lowest BCUT2D eigenvalue weighted by atomic mass is 10.0. The van der Waals surface area contributed by atoms with Gasteiger partial charge >= 0.3 is 12.6 Å². The first-order chi connectivity index (χ1) is 21.1. The van der Waals surface area contributed by atoms with Crippen LogP contribution in [0.1, 0.15) is 42.4 Å². The van der Waals surface area contributed by atoms with Crippen molar-refractivity contribution in [2.75, 3.05) is 32.1 Å². The van der Waals surface area contributed by atoms with Crippen LogP contribution in [0.3, 0.4) is 0 Å². The van der Waals surface area contributed by atoms with Gasteiger partial charge in [-0.1, -0.05) is 50.1 Å². The number of ketones is 1. The molecule has 0 bridgehead atoms. The molecule has 1 aliphatic heterocycles. The number of amides is 3. The van der Waals surface area contributed by atoms with Crippen LogP contribution in [0.4, 0.5) is 13.6 Å². The van der Waals surface area contributed by atoms with Crippen molar-refractivity contribution in [3.8, 4) is 5.75 Å². The van der Waals surface area contributed by atoms with Gasteiger partial charge in [-0.05, 0) is 24.6 Å². The molecule has 0 radical (unpaired) electrons. The number of Topliss-reactive ketones (excluding diaryl/α,β-unsaturated/α-hetero) is 1. The van der Waals surface area contributed by atoms with E-state index < -0.39 is 57.8 Å². The van der Waals surface area contributed by atoms with E-state index in [0.29, 0.717) is 23.9 Å². The van der Waals surface area contributed by atoms with E-state index in [-0.39, 0.29) is 49.9 Å². The quantitative estimate of drug-likeness (QED) is 0.253. The fourth-order valence-electron chi connectivity index (χ4n) is 4.65. The number of aromatic nitrogens is 1. The highest BCUT2D eigenvalue weighted by Crippen LogP contribution is 2.23. The fraction of sp³-hybridized carbons (Fsp3) is 0.448. The summed E-state index contributed by atoms with van der Waals surface area (Å²) in [4.78, 5) is 45.7. The molecule has 15 heteroatoms. The molecule has 2 heterocycles. The third-order valence-electron chi connectivity index (χ3n) is 6.88. The Hall–Kier alpha value is -4.11. The first-order valence-corrected chi connectivity index (χ1v) is 15.9. The van der Waals surface area contributed by atoms with Crippen LogP contribution < -0.4 is 15.4 Å². The molecular weight excluding hydrogens is 602 g/mol. The van der Waals surface area contributed by atoms with Gasteiger partial charge in [0.1, 0.15) is 17.3 Å². The number of nitrogens with zero attached hydrogens (tertiary/aromatic N) is 2. The number of ether oxygens (including phenoxy) is 2. The minimum Gasteiger partial charge on any atom is -0.435 e. The Labute approximate surface area is 253 Å². The number of hydrogen-bond donors (Lipinski definition) is 2. The number of carbonyl (C=O) groups is 3. The Morgan fingerprint density at radius 3 is 2.43 bits per heavy atom. The molecule has 4 rings (SSSR count). The van der Waals surface area contributed by atoms with E-state index in [0.717, 1.165) is 0 Å². The Morgan fingerprint density at radius 1 is 1.02 bits per heavy atom. The number of alkyl halides is 2. The summed E-state index contributed by atoms with van der Waals surface area (Å²) < 4.78 is 67.8. The van der Waals surface area contributed by atoms with Crippen molar-refractivity contribution >= 4 is 38.7 Å². The smallest absolute Gasteiger partial charge is 0.387 e. The topological polar surface area (TPSA) is 157 Å². The van der Waals surface area contributed by atoms with Gasteiger partial charge in [-0.2, -0.15) is 8.78 Å². The number of urea groups is 1. The molecule has 1 aromatic heterocycles. The van der Waals surface area contributed by atoms with Gasteiger partial charge in [0.2, 0.25) is 11.7 Å². The summed E-state index contributed by atoms with van der Waals surface area (Å²) in [7, 11) is -4.22. The molecular formula is C29H34F2N4O8S. The zero-order valence-electron chi connectivity index (χ0n) is 24.0. The minimum atomic E-state index is -4.22. The average molecular weight is 637 g/mol. The lowest BCUT2D eigenvalue weighted by Crippen LogP contribution is -2.57. The molecule has 3 aromatic rings. The molecule has 44 heavy (non-hydrogen) atoms. The first-order valence-electron chi connectivity index (χ1n) is 14.1. The molecule has 0 aliphatic carbocycles. The number of benzene rings is 2. The highest BCUT2D eigenvalue weighted by atomic mass is 32.2. The SMILES string of the molecule is CCCC[C@H](NC(=O)[C@H](CS(=O)(=O)Cc1ccccc1OC(F)F)NC(=O)N1CCOCC1)C(=O)c1nc2ccccc2o1. The van der Waals surface area contributed by atoms with E-state index >= 15 is 0 Å². The second kappa shape index (κ2) is 15.1. The summed E-state index contributed by atoms with van der Waals surface area (Å²) >= 11 is 0. The Morgan fingerprint density at radius 2 is 1.73 bits per heavy atom. The highest BCUT2D eigenvalue weighted by molar-refractivity contribution is 7.90. The second-order valence-corrected chi connectivity index (χ2v) is 12.3. The number of nitrogens with one attached hydrogen (secondary N) is 2. The van der Waals surface area contributed by atoms with Gasteiger partial charge in [0.15, 0.2) is 15.4 Å². The van der Waals surface area contributed by atoms with Gasteiger partial charge in [0.25, 0.3) is 5.89 Å². The number of para-hydroxylation sites is 3. The van der Waals surface area contributed by atoms with E-state index in [1.165, 1.54) is 29.2 Å². The maximum Gasteiger partial charge on any atom is 0.387 e. The molecule has 1 saturated heterocycles. The minimum absolute atomic E-state index is 0.0431. The summed E-state index contributed by atoms with van der Waals surface area (Å²) in [6, 6.07) is 8.72. The zero-order valence-corrected chi connectivity index (χ0v) is 24.9. The average Bonchev–Trinajstić information content (AvgIpc) is 3.44. The lowest BCUT2D eigenvalue weighted by Gasteiger charge is -2.29. The van der Waals surface area contributed by atoms with E-state index in [9.17, 15) is 31.6 Å². The molecule has 0 spiro atoms. The molecule has 2 atom stereocenters. The predicted molar refractivity (Wildman–Crippen MR) is 155 cm³/mol. The van der Waals surface area contributed by atoms with Crippen molar-refractivity contribution in [3.05, 3.63) is 60.0 Å². The summed E-state index contributed by atoms with van der Waals surface area (Å²) in [6.07, 6.45) is 1.44. The summed E-state index contributed by atoms with van der Waals surface area (Å²) in [5.74, 6) is -3.69. The monoisotopic (exact) mass is 636 g/mol. The van der Waals surface area contributed by atoms with Crippen LogP contribution in [-0.2, 0) is 25.1 Å². The van der Waals surface area contributed by atoms with Crippen LogP contribution in [0.15, 0.2) is 52.9 Å². The normalized spacial score (nSPS) is 15.1. The molecule has 3 amide bonds. The molecule has 1 fully saturated rings. The Kier molecular flexibility index (Phi) is 11.2. The number of rotatable bonds is 14. The molecule has 1 aliphatic rings. The maximum absolute atomic E-state index is 13.6. The molecule has 2 aromatic carbocycles. The Bertz CT molecular complexity index is 1530. The number of sulfone groups is 1. The van der Waals surface area contributed by atoms with Crippen molar-refractivity contribution in [1.82, 2.24) is 20.5 Å². The second-order valence-electron chi connectivity index (χ2n) is 10.2. The first kappa shape index (κ1) is 32.8. The fourth-order valence-corrected chi connectivity index (χ4v) is 6.22.